The molecule has 4 nitrogen and oxygen atoms in total. The third-order valence-corrected chi connectivity index (χ3v) is 3.09. The first-order chi connectivity index (χ1) is 6.72. The maximum Gasteiger partial charge on any atom is 0.0894 e. The molecule has 1 aliphatic rings. The van der Waals surface area contributed by atoms with Gasteiger partial charge in [0.2, 0.25) is 0 Å². The SMILES string of the molecule is OC[C@@H](O)CNCC1(CO)CCCC1. The van der Waals surface area contributed by atoms with Gasteiger partial charge in [-0.15, -0.1) is 0 Å². The highest BCUT2D eigenvalue weighted by atomic mass is 16.3. The van der Waals surface area contributed by atoms with Crippen LogP contribution in [0.1, 0.15) is 25.7 Å². The highest BCUT2D eigenvalue weighted by Gasteiger charge is 2.32. The van der Waals surface area contributed by atoms with Crippen molar-refractivity contribution in [1.29, 1.82) is 0 Å². The summed E-state index contributed by atoms with van der Waals surface area (Å²) in [5, 5.41) is 30.1. The lowest BCUT2D eigenvalue weighted by atomic mass is 9.87. The smallest absolute Gasteiger partial charge is 0.0894 e. The Kier molecular flexibility index (Phi) is 4.81. The molecule has 84 valence electrons. The van der Waals surface area contributed by atoms with E-state index in [-0.39, 0.29) is 18.6 Å². The summed E-state index contributed by atoms with van der Waals surface area (Å²) in [6, 6.07) is 0. The van der Waals surface area contributed by atoms with E-state index >= 15 is 0 Å². The van der Waals surface area contributed by atoms with Gasteiger partial charge in [-0.05, 0) is 12.8 Å². The Hall–Kier alpha value is -0.160. The van der Waals surface area contributed by atoms with Gasteiger partial charge in [-0.2, -0.15) is 0 Å². The average molecular weight is 203 g/mol. The van der Waals surface area contributed by atoms with E-state index in [9.17, 15) is 5.11 Å². The molecule has 0 aromatic heterocycles. The van der Waals surface area contributed by atoms with Crippen molar-refractivity contribution >= 4 is 0 Å². The molecule has 0 spiro atoms. The number of aliphatic hydroxyl groups is 3. The predicted molar refractivity (Wildman–Crippen MR) is 53.9 cm³/mol. The predicted octanol–water partition coefficient (Wildman–Crippen LogP) is -0.518. The zero-order chi connectivity index (χ0) is 10.4. The van der Waals surface area contributed by atoms with Gasteiger partial charge in [-0.25, -0.2) is 0 Å². The summed E-state index contributed by atoms with van der Waals surface area (Å²) in [5.74, 6) is 0. The zero-order valence-corrected chi connectivity index (χ0v) is 8.58. The van der Waals surface area contributed by atoms with Crippen LogP contribution in [0.4, 0.5) is 0 Å². The van der Waals surface area contributed by atoms with Crippen LogP contribution >= 0.6 is 0 Å². The van der Waals surface area contributed by atoms with Crippen molar-refractivity contribution in [1.82, 2.24) is 5.32 Å². The van der Waals surface area contributed by atoms with Crippen LogP contribution in [0.15, 0.2) is 0 Å². The van der Waals surface area contributed by atoms with Crippen LogP contribution in [0.5, 0.6) is 0 Å². The Morgan fingerprint density at radius 3 is 2.36 bits per heavy atom. The minimum Gasteiger partial charge on any atom is -0.396 e. The van der Waals surface area contributed by atoms with E-state index in [1.807, 2.05) is 0 Å². The summed E-state index contributed by atoms with van der Waals surface area (Å²) in [5.41, 5.74) is 0.0230. The van der Waals surface area contributed by atoms with Crippen molar-refractivity contribution in [3.63, 3.8) is 0 Å². The average Bonchev–Trinajstić information content (AvgIpc) is 2.67. The van der Waals surface area contributed by atoms with E-state index in [4.69, 9.17) is 10.2 Å². The molecule has 4 N–H and O–H groups in total. The topological polar surface area (TPSA) is 72.7 Å². The van der Waals surface area contributed by atoms with Gasteiger partial charge >= 0.3 is 0 Å². The van der Waals surface area contributed by atoms with E-state index < -0.39 is 6.10 Å². The second-order valence-electron chi connectivity index (χ2n) is 4.33. The molecule has 1 fully saturated rings. The minimum atomic E-state index is -0.688. The summed E-state index contributed by atoms with van der Waals surface area (Å²) in [6.07, 6.45) is 3.81. The lowest BCUT2D eigenvalue weighted by Gasteiger charge is -2.27. The van der Waals surface area contributed by atoms with E-state index in [1.165, 1.54) is 12.8 Å². The van der Waals surface area contributed by atoms with Gasteiger partial charge in [0.05, 0.1) is 12.7 Å². The van der Waals surface area contributed by atoms with Crippen molar-refractivity contribution < 1.29 is 15.3 Å². The Balaban J connectivity index is 2.21. The fourth-order valence-corrected chi connectivity index (χ4v) is 2.08. The van der Waals surface area contributed by atoms with E-state index in [2.05, 4.69) is 5.32 Å². The van der Waals surface area contributed by atoms with Crippen LogP contribution in [0.3, 0.4) is 0 Å². The Morgan fingerprint density at radius 1 is 1.21 bits per heavy atom. The van der Waals surface area contributed by atoms with Crippen molar-refractivity contribution in [3.05, 3.63) is 0 Å². The van der Waals surface area contributed by atoms with E-state index in [0.717, 1.165) is 19.4 Å². The fourth-order valence-electron chi connectivity index (χ4n) is 2.08. The highest BCUT2D eigenvalue weighted by Crippen LogP contribution is 2.36. The quantitative estimate of drug-likeness (QED) is 0.469. The molecule has 0 heterocycles. The van der Waals surface area contributed by atoms with Gasteiger partial charge < -0.3 is 20.6 Å². The molecule has 1 aliphatic carbocycles. The molecule has 0 aliphatic heterocycles. The largest absolute Gasteiger partial charge is 0.396 e. The number of nitrogens with one attached hydrogen (secondary N) is 1. The van der Waals surface area contributed by atoms with Crippen LogP contribution < -0.4 is 5.32 Å². The summed E-state index contributed by atoms with van der Waals surface area (Å²) in [6.45, 7) is 1.15. The molecule has 1 saturated carbocycles. The van der Waals surface area contributed by atoms with Crippen LogP contribution in [0.2, 0.25) is 0 Å². The second-order valence-corrected chi connectivity index (χ2v) is 4.33. The zero-order valence-electron chi connectivity index (χ0n) is 8.58. The maximum absolute atomic E-state index is 9.29. The highest BCUT2D eigenvalue weighted by molar-refractivity contribution is 4.86. The normalized spacial score (nSPS) is 22.5. The van der Waals surface area contributed by atoms with Gasteiger partial charge in [-0.1, -0.05) is 12.8 Å². The first-order valence-corrected chi connectivity index (χ1v) is 5.33. The molecule has 1 atom stereocenters. The monoisotopic (exact) mass is 203 g/mol. The van der Waals surface area contributed by atoms with Gasteiger partial charge in [0.25, 0.3) is 0 Å². The Bertz CT molecular complexity index is 157. The minimum absolute atomic E-state index is 0.0230. The van der Waals surface area contributed by atoms with Crippen LogP contribution in [-0.2, 0) is 0 Å². The molecule has 1 rings (SSSR count). The third kappa shape index (κ3) is 3.20. The lowest BCUT2D eigenvalue weighted by molar-refractivity contribution is 0.0833. The summed E-state index contributed by atoms with van der Waals surface area (Å²) in [4.78, 5) is 0. The van der Waals surface area contributed by atoms with Crippen LogP contribution in [0, 0.1) is 5.41 Å². The molecule has 0 radical (unpaired) electrons. The Labute approximate surface area is 85.0 Å². The second kappa shape index (κ2) is 5.66. The number of hydrogen-bond donors (Lipinski definition) is 4. The molecular formula is C10H21NO3. The molecular weight excluding hydrogens is 182 g/mol. The molecule has 0 unspecified atom stereocenters. The summed E-state index contributed by atoms with van der Waals surface area (Å²) in [7, 11) is 0. The van der Waals surface area contributed by atoms with Crippen LogP contribution in [0.25, 0.3) is 0 Å². The lowest BCUT2D eigenvalue weighted by Crippen LogP contribution is -2.39. The van der Waals surface area contributed by atoms with Crippen LogP contribution in [-0.4, -0.2) is 47.7 Å². The number of rotatable bonds is 6. The summed E-state index contributed by atoms with van der Waals surface area (Å²) >= 11 is 0. The van der Waals surface area contributed by atoms with Crippen molar-refractivity contribution in [2.75, 3.05) is 26.3 Å². The molecule has 4 heteroatoms. The van der Waals surface area contributed by atoms with Gasteiger partial charge in [0, 0.05) is 25.1 Å². The van der Waals surface area contributed by atoms with E-state index in [0.29, 0.717) is 6.54 Å². The number of aliphatic hydroxyl groups excluding tert-OH is 3. The molecule has 0 bridgehead atoms. The maximum atomic E-state index is 9.29. The third-order valence-electron chi connectivity index (χ3n) is 3.09. The van der Waals surface area contributed by atoms with Crippen molar-refractivity contribution in [3.8, 4) is 0 Å². The van der Waals surface area contributed by atoms with E-state index in [1.54, 1.807) is 0 Å². The molecule has 0 aromatic rings. The molecule has 0 aromatic carbocycles. The summed E-state index contributed by atoms with van der Waals surface area (Å²) < 4.78 is 0. The van der Waals surface area contributed by atoms with Crippen molar-refractivity contribution in [2.45, 2.75) is 31.8 Å². The van der Waals surface area contributed by atoms with Gasteiger partial charge in [0.1, 0.15) is 0 Å². The van der Waals surface area contributed by atoms with Crippen molar-refractivity contribution in [2.24, 2.45) is 5.41 Å². The van der Waals surface area contributed by atoms with Gasteiger partial charge in [-0.3, -0.25) is 0 Å². The first kappa shape index (κ1) is 11.9. The molecule has 0 saturated heterocycles. The Morgan fingerprint density at radius 2 is 1.86 bits per heavy atom. The fraction of sp³-hybridized carbons (Fsp3) is 1.00. The molecule has 14 heavy (non-hydrogen) atoms. The van der Waals surface area contributed by atoms with Gasteiger partial charge in [0.15, 0.2) is 0 Å². The standard InChI is InChI=1S/C10H21NO3/c12-6-9(14)5-11-7-10(8-13)3-1-2-4-10/h9,11-14H,1-8H2/t9-/m0/s1. The first-order valence-electron chi connectivity index (χ1n) is 5.33. The number of hydrogen-bond acceptors (Lipinski definition) is 4. The molecule has 0 amide bonds.